The van der Waals surface area contributed by atoms with Crippen LogP contribution in [-0.4, -0.2) is 61.4 Å². The van der Waals surface area contributed by atoms with Gasteiger partial charge >= 0.3 is 0 Å². The average molecular weight is 620 g/mol. The second kappa shape index (κ2) is 13.9. The molecule has 2 unspecified atom stereocenters. The van der Waals surface area contributed by atoms with Gasteiger partial charge in [0.05, 0.1) is 23.7 Å². The van der Waals surface area contributed by atoms with Crippen LogP contribution >= 0.6 is 0 Å². The number of hydrogen-bond acceptors (Lipinski definition) is 5. The molecule has 6 rings (SSSR count). The Balaban J connectivity index is 0.000000985. The van der Waals surface area contributed by atoms with E-state index in [-0.39, 0.29) is 29.9 Å². The molecule has 0 aliphatic carbocycles. The fourth-order valence-electron chi connectivity index (χ4n) is 5.64. The van der Waals surface area contributed by atoms with E-state index in [1.54, 1.807) is 24.3 Å². The van der Waals surface area contributed by atoms with Crippen molar-refractivity contribution in [2.45, 2.75) is 39.3 Å². The van der Waals surface area contributed by atoms with Crippen LogP contribution in [0.15, 0.2) is 72.8 Å². The van der Waals surface area contributed by atoms with Crippen molar-refractivity contribution in [2.75, 3.05) is 33.0 Å². The number of H-pyrrole nitrogens is 1. The molecule has 238 valence electrons. The Hall–Kier alpha value is -5.15. The van der Waals surface area contributed by atoms with Crippen molar-refractivity contribution in [3.05, 3.63) is 118 Å². The highest BCUT2D eigenvalue weighted by Crippen LogP contribution is 2.35. The number of hydrogen-bond donors (Lipinski definition) is 4. The van der Waals surface area contributed by atoms with Gasteiger partial charge < -0.3 is 30.6 Å². The Morgan fingerprint density at radius 2 is 1.70 bits per heavy atom. The van der Waals surface area contributed by atoms with Gasteiger partial charge in [0.1, 0.15) is 11.9 Å². The Kier molecular flexibility index (Phi) is 9.72. The van der Waals surface area contributed by atoms with Gasteiger partial charge in [-0.1, -0.05) is 48.5 Å². The van der Waals surface area contributed by atoms with Crippen molar-refractivity contribution in [3.8, 4) is 5.75 Å². The van der Waals surface area contributed by atoms with Crippen LogP contribution in [0, 0.1) is 13.8 Å². The second-order valence-corrected chi connectivity index (χ2v) is 12.1. The lowest BCUT2D eigenvalue weighted by Crippen LogP contribution is -2.34. The topological polar surface area (TPSA) is 116 Å². The quantitative estimate of drug-likeness (QED) is 0.203. The van der Waals surface area contributed by atoms with E-state index in [4.69, 9.17) is 4.74 Å². The number of ether oxygens (including phenoxy) is 1. The van der Waals surface area contributed by atoms with Crippen molar-refractivity contribution in [1.29, 1.82) is 0 Å². The number of benzene rings is 3. The van der Waals surface area contributed by atoms with Crippen LogP contribution in [0.4, 0.5) is 5.69 Å². The minimum absolute atomic E-state index is 0.117. The largest absolute Gasteiger partial charge is 0.488 e. The highest BCUT2D eigenvalue weighted by molar-refractivity contribution is 6.35. The van der Waals surface area contributed by atoms with Crippen LogP contribution in [0.3, 0.4) is 0 Å². The summed E-state index contributed by atoms with van der Waals surface area (Å²) in [5.74, 6) is 0.165. The summed E-state index contributed by atoms with van der Waals surface area (Å²) in [5, 5.41) is 8.91. The molecular weight excluding hydrogens is 578 g/mol. The summed E-state index contributed by atoms with van der Waals surface area (Å²) in [6.45, 7) is 6.01. The number of nitrogens with one attached hydrogen (secondary N) is 4. The number of amides is 3. The Morgan fingerprint density at radius 3 is 2.41 bits per heavy atom. The van der Waals surface area contributed by atoms with E-state index in [2.05, 4.69) is 20.9 Å². The molecule has 9 heteroatoms. The van der Waals surface area contributed by atoms with E-state index in [1.807, 2.05) is 101 Å². The molecule has 0 spiro atoms. The summed E-state index contributed by atoms with van der Waals surface area (Å²) in [6, 6.07) is 22.6. The highest BCUT2D eigenvalue weighted by Gasteiger charge is 2.28. The van der Waals surface area contributed by atoms with Gasteiger partial charge in [-0.25, -0.2) is 0 Å². The maximum absolute atomic E-state index is 13.2. The molecule has 46 heavy (non-hydrogen) atoms. The lowest BCUT2D eigenvalue weighted by molar-refractivity contribution is -0.110. The number of aryl methyl sites for hydroxylation is 1. The van der Waals surface area contributed by atoms with Crippen molar-refractivity contribution in [3.63, 3.8) is 0 Å². The predicted octanol–water partition coefficient (Wildman–Crippen LogP) is 5.53. The first kappa shape index (κ1) is 32.2. The minimum atomic E-state index is -0.268. The molecule has 3 heterocycles. The summed E-state index contributed by atoms with van der Waals surface area (Å²) < 4.78 is 5.96. The highest BCUT2D eigenvalue weighted by atomic mass is 16.5. The zero-order valence-corrected chi connectivity index (χ0v) is 27.2. The number of rotatable bonds is 7. The third-order valence-corrected chi connectivity index (χ3v) is 7.91. The Bertz CT molecular complexity index is 1760. The predicted molar refractivity (Wildman–Crippen MR) is 182 cm³/mol. The van der Waals surface area contributed by atoms with E-state index in [0.29, 0.717) is 45.9 Å². The second-order valence-electron chi connectivity index (χ2n) is 12.1. The van der Waals surface area contributed by atoms with Gasteiger partial charge in [0.2, 0.25) is 0 Å². The smallest absolute Gasteiger partial charge is 0.256 e. The molecule has 4 aromatic rings. The molecule has 4 N–H and O–H groups in total. The summed E-state index contributed by atoms with van der Waals surface area (Å²) in [4.78, 5) is 44.5. The Morgan fingerprint density at radius 1 is 1.00 bits per heavy atom. The number of fused-ring (bicyclic) bond motifs is 2. The van der Waals surface area contributed by atoms with Crippen molar-refractivity contribution in [1.82, 2.24) is 20.5 Å². The van der Waals surface area contributed by atoms with E-state index in [9.17, 15) is 14.4 Å². The average Bonchev–Trinajstić information content (AvgIpc) is 3.67. The van der Waals surface area contributed by atoms with Crippen molar-refractivity contribution < 1.29 is 19.1 Å². The van der Waals surface area contributed by atoms with Gasteiger partial charge in [0.25, 0.3) is 17.7 Å². The van der Waals surface area contributed by atoms with Crippen LogP contribution in [-0.2, 0) is 11.2 Å². The molecule has 2 aliphatic heterocycles. The van der Waals surface area contributed by atoms with E-state index in [0.717, 1.165) is 28.9 Å². The molecule has 0 fully saturated rings. The van der Waals surface area contributed by atoms with Crippen molar-refractivity contribution >= 4 is 35.1 Å². The van der Waals surface area contributed by atoms with Gasteiger partial charge in [0.15, 0.2) is 0 Å². The number of carbonyl (C=O) groups is 3. The SMILES string of the molecule is CN(C)C.Cc1[nH]c(/C=C2\C(=O)Nc3ccc(C(=O)NC(C)c4ccccc4)cc32)c(C)c1C(=O)NCC1Cc2ccccc2O1. The van der Waals surface area contributed by atoms with Gasteiger partial charge in [-0.3, -0.25) is 14.4 Å². The lowest BCUT2D eigenvalue weighted by Gasteiger charge is -2.14. The van der Waals surface area contributed by atoms with E-state index < -0.39 is 0 Å². The van der Waals surface area contributed by atoms with E-state index in [1.165, 1.54) is 0 Å². The first-order valence-corrected chi connectivity index (χ1v) is 15.4. The number of nitrogens with zero attached hydrogens (tertiary/aromatic N) is 1. The summed E-state index contributed by atoms with van der Waals surface area (Å²) >= 11 is 0. The van der Waals surface area contributed by atoms with Crippen LogP contribution in [0.1, 0.15) is 67.3 Å². The molecule has 3 aromatic carbocycles. The van der Waals surface area contributed by atoms with Crippen LogP contribution in [0.5, 0.6) is 5.75 Å². The molecule has 0 saturated carbocycles. The zero-order chi connectivity index (χ0) is 33.0. The maximum atomic E-state index is 13.2. The zero-order valence-electron chi connectivity index (χ0n) is 27.2. The maximum Gasteiger partial charge on any atom is 0.256 e. The summed E-state index contributed by atoms with van der Waals surface area (Å²) in [7, 11) is 6.00. The number of para-hydroxylation sites is 1. The Labute approximate surface area is 270 Å². The summed E-state index contributed by atoms with van der Waals surface area (Å²) in [5.41, 5.74) is 6.93. The van der Waals surface area contributed by atoms with Crippen LogP contribution in [0.25, 0.3) is 11.6 Å². The molecule has 9 nitrogen and oxygen atoms in total. The van der Waals surface area contributed by atoms with Gasteiger partial charge in [-0.05, 0) is 88.9 Å². The number of carbonyl (C=O) groups excluding carboxylic acids is 3. The number of aromatic amines is 1. The minimum Gasteiger partial charge on any atom is -0.488 e. The third kappa shape index (κ3) is 7.21. The van der Waals surface area contributed by atoms with Crippen LogP contribution < -0.4 is 20.7 Å². The molecule has 1 aromatic heterocycles. The number of anilines is 1. The normalized spacial score (nSPS) is 16.1. The van der Waals surface area contributed by atoms with Gasteiger partial charge in [-0.15, -0.1) is 0 Å². The molecule has 0 bridgehead atoms. The molecule has 2 atom stereocenters. The fourth-order valence-corrected chi connectivity index (χ4v) is 5.64. The molecule has 2 aliphatic rings. The van der Waals surface area contributed by atoms with Crippen molar-refractivity contribution in [2.24, 2.45) is 0 Å². The molecule has 0 radical (unpaired) electrons. The third-order valence-electron chi connectivity index (χ3n) is 7.91. The first-order valence-electron chi connectivity index (χ1n) is 15.4. The standard InChI is InChI=1S/C34H32N4O4.C3H9N/c1-19-29(36-21(3)31(19)34(41)35-18-25-15-23-11-7-8-12-30(23)42-25)17-27-26-16-24(13-14-28(26)38-33(27)40)32(39)37-20(2)22-9-5-4-6-10-22;1-4(2)3/h4-14,16-17,20,25,36H,15,18H2,1-3H3,(H,35,41)(H,37,39)(H,38,40);1-3H3/b27-17-;. The molecular formula is C37H41N5O4. The monoisotopic (exact) mass is 619 g/mol. The fraction of sp³-hybridized carbons (Fsp3) is 0.270. The number of aromatic nitrogens is 1. The molecule has 0 saturated heterocycles. The summed E-state index contributed by atoms with van der Waals surface area (Å²) in [6.07, 6.45) is 2.37. The van der Waals surface area contributed by atoms with Crippen LogP contribution in [0.2, 0.25) is 0 Å². The van der Waals surface area contributed by atoms with E-state index >= 15 is 0 Å². The molecule has 3 amide bonds. The lowest BCUT2D eigenvalue weighted by atomic mass is 10.0. The first-order chi connectivity index (χ1) is 22.0. The van der Waals surface area contributed by atoms with Gasteiger partial charge in [0, 0.05) is 34.6 Å². The van der Waals surface area contributed by atoms with Gasteiger partial charge in [-0.2, -0.15) is 0 Å².